The van der Waals surface area contributed by atoms with Crippen LogP contribution in [-0.2, 0) is 27.2 Å². The largest absolute Gasteiger partial charge is 0.359 e. The van der Waals surface area contributed by atoms with E-state index in [1.165, 1.54) is 11.0 Å². The van der Waals surface area contributed by atoms with Gasteiger partial charge in [-0.2, -0.15) is 0 Å². The SMILES string of the molecule is CNC(=O)C1(Cc2ccccc2)CCN(C(=O)[C@@H](Cc2ccc(-c3ccccc3)cc2)N(C)C(=O)C=CCC(C)(C)N)CC1. The number of amides is 3. The van der Waals surface area contributed by atoms with Crippen LogP contribution in [0, 0.1) is 5.41 Å². The van der Waals surface area contributed by atoms with Crippen molar-refractivity contribution in [3.63, 3.8) is 0 Å². The van der Waals surface area contributed by atoms with Crippen LogP contribution in [0.3, 0.4) is 0 Å². The van der Waals surface area contributed by atoms with Gasteiger partial charge in [0, 0.05) is 39.1 Å². The molecule has 3 aromatic rings. The molecule has 1 saturated heterocycles. The topological polar surface area (TPSA) is 95.7 Å². The number of likely N-dealkylation sites (N-methyl/N-ethyl adjacent to an activating group) is 1. The zero-order valence-corrected chi connectivity index (χ0v) is 26.5. The maximum Gasteiger partial charge on any atom is 0.246 e. The molecule has 0 unspecified atom stereocenters. The van der Waals surface area contributed by atoms with Crippen molar-refractivity contribution in [2.75, 3.05) is 27.2 Å². The first-order valence-electron chi connectivity index (χ1n) is 15.4. The third-order valence-corrected chi connectivity index (χ3v) is 8.62. The van der Waals surface area contributed by atoms with E-state index >= 15 is 0 Å². The van der Waals surface area contributed by atoms with Gasteiger partial charge in [0.15, 0.2) is 0 Å². The smallest absolute Gasteiger partial charge is 0.246 e. The van der Waals surface area contributed by atoms with Crippen molar-refractivity contribution in [2.24, 2.45) is 11.1 Å². The molecule has 1 aliphatic rings. The Morgan fingerprint density at radius 1 is 0.909 bits per heavy atom. The number of hydrogen-bond donors (Lipinski definition) is 2. The first-order valence-corrected chi connectivity index (χ1v) is 15.4. The second-order valence-electron chi connectivity index (χ2n) is 12.7. The molecule has 0 aromatic heterocycles. The van der Waals surface area contributed by atoms with Crippen molar-refractivity contribution in [3.8, 4) is 11.1 Å². The van der Waals surface area contributed by atoms with E-state index in [1.807, 2.05) is 79.4 Å². The fourth-order valence-corrected chi connectivity index (χ4v) is 5.91. The highest BCUT2D eigenvalue weighted by molar-refractivity contribution is 5.93. The van der Waals surface area contributed by atoms with Gasteiger partial charge >= 0.3 is 0 Å². The Balaban J connectivity index is 1.54. The molecule has 1 atom stereocenters. The maximum atomic E-state index is 14.2. The Morgan fingerprint density at radius 2 is 1.48 bits per heavy atom. The number of nitrogens with two attached hydrogens (primary N) is 1. The van der Waals surface area contributed by atoms with Crippen molar-refractivity contribution in [1.29, 1.82) is 0 Å². The summed E-state index contributed by atoms with van der Waals surface area (Å²) in [7, 11) is 3.36. The summed E-state index contributed by atoms with van der Waals surface area (Å²) >= 11 is 0. The Morgan fingerprint density at radius 3 is 2.05 bits per heavy atom. The molecular weight excluding hydrogens is 548 g/mol. The van der Waals surface area contributed by atoms with E-state index in [1.54, 1.807) is 20.2 Å². The molecule has 1 fully saturated rings. The summed E-state index contributed by atoms with van der Waals surface area (Å²) in [6.45, 7) is 4.71. The Hall–Kier alpha value is -4.23. The molecule has 1 aliphatic heterocycles. The van der Waals surface area contributed by atoms with Crippen LogP contribution in [0.1, 0.15) is 44.2 Å². The minimum atomic E-state index is -0.692. The lowest BCUT2D eigenvalue weighted by molar-refractivity contribution is -0.146. The van der Waals surface area contributed by atoms with Crippen LogP contribution in [0.5, 0.6) is 0 Å². The minimum Gasteiger partial charge on any atom is -0.359 e. The summed E-state index contributed by atoms with van der Waals surface area (Å²) in [6.07, 6.45) is 5.93. The Labute approximate surface area is 262 Å². The van der Waals surface area contributed by atoms with E-state index in [-0.39, 0.29) is 17.7 Å². The van der Waals surface area contributed by atoms with Gasteiger partial charge in [-0.1, -0.05) is 91.0 Å². The Kier molecular flexibility index (Phi) is 10.8. The van der Waals surface area contributed by atoms with E-state index in [0.29, 0.717) is 45.2 Å². The molecule has 3 amide bonds. The zero-order valence-electron chi connectivity index (χ0n) is 26.5. The lowest BCUT2D eigenvalue weighted by Crippen LogP contribution is -2.55. The second-order valence-corrected chi connectivity index (χ2v) is 12.7. The molecule has 7 heteroatoms. The minimum absolute atomic E-state index is 0.00349. The van der Waals surface area contributed by atoms with E-state index < -0.39 is 17.0 Å². The molecule has 4 rings (SSSR count). The number of carbonyl (C=O) groups excluding carboxylic acids is 3. The van der Waals surface area contributed by atoms with Crippen LogP contribution in [0.25, 0.3) is 11.1 Å². The number of piperidine rings is 1. The van der Waals surface area contributed by atoms with Gasteiger partial charge in [0.2, 0.25) is 17.7 Å². The Bertz CT molecular complexity index is 1420. The van der Waals surface area contributed by atoms with Crippen LogP contribution in [0.2, 0.25) is 0 Å². The van der Waals surface area contributed by atoms with Gasteiger partial charge in [0.25, 0.3) is 0 Å². The number of hydrogen-bond acceptors (Lipinski definition) is 4. The van der Waals surface area contributed by atoms with Crippen LogP contribution >= 0.6 is 0 Å². The first-order chi connectivity index (χ1) is 21.0. The second kappa shape index (κ2) is 14.5. The number of likely N-dealkylation sites (tertiary alicyclic amines) is 1. The van der Waals surface area contributed by atoms with Crippen molar-refractivity contribution in [1.82, 2.24) is 15.1 Å². The van der Waals surface area contributed by atoms with E-state index in [2.05, 4.69) is 29.6 Å². The zero-order chi connectivity index (χ0) is 31.7. The molecule has 7 nitrogen and oxygen atoms in total. The molecule has 44 heavy (non-hydrogen) atoms. The molecule has 0 spiro atoms. The summed E-state index contributed by atoms with van der Waals surface area (Å²) in [6, 6.07) is 27.6. The highest BCUT2D eigenvalue weighted by atomic mass is 16.2. The molecule has 3 N–H and O–H groups in total. The molecular formula is C37H46N4O3. The average Bonchev–Trinajstić information content (AvgIpc) is 3.03. The maximum absolute atomic E-state index is 14.2. The molecule has 1 heterocycles. The molecule has 0 saturated carbocycles. The molecule has 3 aromatic carbocycles. The summed E-state index contributed by atoms with van der Waals surface area (Å²) in [5, 5.41) is 2.86. The third-order valence-electron chi connectivity index (χ3n) is 8.62. The van der Waals surface area contributed by atoms with Gasteiger partial charge < -0.3 is 20.9 Å². The van der Waals surface area contributed by atoms with Crippen molar-refractivity contribution < 1.29 is 14.4 Å². The molecule has 0 bridgehead atoms. The third kappa shape index (κ3) is 8.44. The fourth-order valence-electron chi connectivity index (χ4n) is 5.91. The average molecular weight is 595 g/mol. The number of carbonyl (C=O) groups is 3. The van der Waals surface area contributed by atoms with Gasteiger partial charge in [0.1, 0.15) is 6.04 Å². The monoisotopic (exact) mass is 594 g/mol. The number of nitrogens with one attached hydrogen (secondary N) is 1. The predicted octanol–water partition coefficient (Wildman–Crippen LogP) is 5.00. The highest BCUT2D eigenvalue weighted by Crippen LogP contribution is 2.36. The normalized spacial score (nSPS) is 15.5. The fraction of sp³-hybridized carbons (Fsp3) is 0.378. The van der Waals surface area contributed by atoms with Crippen LogP contribution < -0.4 is 11.1 Å². The summed E-state index contributed by atoms with van der Waals surface area (Å²) in [5.41, 5.74) is 9.36. The predicted molar refractivity (Wildman–Crippen MR) is 177 cm³/mol. The standard InChI is InChI=1S/C37H46N4O3/c1-36(2,38)21-11-16-33(42)40(4)32(26-28-17-19-31(20-18-28)30-14-9-6-10-15-30)34(43)41-24-22-37(23-25-41,35(44)39-3)27-29-12-7-5-8-13-29/h5-20,32H,21-27,38H2,1-4H3,(H,39,44)/t32-/m1/s1. The lowest BCUT2D eigenvalue weighted by atomic mass is 9.73. The van der Waals surface area contributed by atoms with Crippen LogP contribution in [-0.4, -0.2) is 66.3 Å². The van der Waals surface area contributed by atoms with Gasteiger partial charge in [-0.05, 0) is 67.9 Å². The lowest BCUT2D eigenvalue weighted by Gasteiger charge is -2.42. The van der Waals surface area contributed by atoms with Gasteiger partial charge in [-0.25, -0.2) is 0 Å². The van der Waals surface area contributed by atoms with Crippen molar-refractivity contribution in [2.45, 2.75) is 57.5 Å². The molecule has 0 aliphatic carbocycles. The van der Waals surface area contributed by atoms with Gasteiger partial charge in [-0.15, -0.1) is 0 Å². The van der Waals surface area contributed by atoms with Crippen molar-refractivity contribution >= 4 is 17.7 Å². The highest BCUT2D eigenvalue weighted by Gasteiger charge is 2.43. The number of nitrogens with zero attached hydrogens (tertiary/aromatic N) is 2. The van der Waals surface area contributed by atoms with Gasteiger partial charge in [0.05, 0.1) is 5.41 Å². The van der Waals surface area contributed by atoms with Gasteiger partial charge in [-0.3, -0.25) is 14.4 Å². The number of benzene rings is 3. The summed E-state index contributed by atoms with van der Waals surface area (Å²) in [4.78, 5) is 44.0. The van der Waals surface area contributed by atoms with Crippen LogP contribution in [0.4, 0.5) is 0 Å². The van der Waals surface area contributed by atoms with Crippen molar-refractivity contribution in [3.05, 3.63) is 108 Å². The molecule has 0 radical (unpaired) electrons. The summed E-state index contributed by atoms with van der Waals surface area (Å²) in [5.74, 6) is -0.344. The molecule has 232 valence electrons. The van der Waals surface area contributed by atoms with E-state index in [4.69, 9.17) is 5.73 Å². The first kappa shape index (κ1) is 32.7. The quantitative estimate of drug-likeness (QED) is 0.305. The van der Waals surface area contributed by atoms with E-state index in [0.717, 1.165) is 22.3 Å². The number of rotatable bonds is 11. The van der Waals surface area contributed by atoms with E-state index in [9.17, 15) is 14.4 Å². The summed E-state index contributed by atoms with van der Waals surface area (Å²) < 4.78 is 0. The van der Waals surface area contributed by atoms with Crippen LogP contribution in [0.15, 0.2) is 97.1 Å².